The van der Waals surface area contributed by atoms with Crippen molar-refractivity contribution in [2.75, 3.05) is 10.6 Å². The summed E-state index contributed by atoms with van der Waals surface area (Å²) in [7, 11) is 0. The number of nitrogens with one attached hydrogen (secondary N) is 2. The fraction of sp³-hybridized carbons (Fsp3) is 0.167. The molecule has 0 bridgehead atoms. The molecule has 0 spiro atoms. The lowest BCUT2D eigenvalue weighted by Gasteiger charge is -2.12. The van der Waals surface area contributed by atoms with Crippen molar-refractivity contribution >= 4 is 52.2 Å². The van der Waals surface area contributed by atoms with Crippen LogP contribution >= 0.6 is 35.4 Å². The molecule has 3 aromatic rings. The number of aromatic nitrogens is 3. The van der Waals surface area contributed by atoms with Crippen molar-refractivity contribution in [1.29, 1.82) is 0 Å². The van der Waals surface area contributed by atoms with Crippen LogP contribution in [0.25, 0.3) is 0 Å². The van der Waals surface area contributed by atoms with Crippen LogP contribution in [-0.2, 0) is 6.54 Å². The smallest absolute Gasteiger partial charge is 0.248 e. The van der Waals surface area contributed by atoms with E-state index in [-0.39, 0.29) is 0 Å². The number of nitrogens with zero attached hydrogens (tertiary/aromatic N) is 3. The molecule has 0 unspecified atom stereocenters. The van der Waals surface area contributed by atoms with E-state index in [0.717, 1.165) is 16.8 Å². The van der Waals surface area contributed by atoms with Gasteiger partial charge in [-0.25, -0.2) is 9.67 Å². The van der Waals surface area contributed by atoms with Crippen molar-refractivity contribution in [2.24, 2.45) is 0 Å². The first-order valence-corrected chi connectivity index (χ1v) is 9.06. The van der Waals surface area contributed by atoms with Gasteiger partial charge < -0.3 is 5.32 Å². The third-order valence-electron chi connectivity index (χ3n) is 3.96. The largest absolute Gasteiger partial charge is 0.332 e. The molecule has 134 valence electrons. The molecule has 0 aliphatic carbocycles. The van der Waals surface area contributed by atoms with Gasteiger partial charge in [-0.15, -0.1) is 5.10 Å². The summed E-state index contributed by atoms with van der Waals surface area (Å²) in [6.07, 6.45) is 1.62. The van der Waals surface area contributed by atoms with Gasteiger partial charge >= 0.3 is 0 Å². The number of hydrogen-bond donors (Lipinski definition) is 2. The minimum absolute atomic E-state index is 0.415. The molecule has 0 fully saturated rings. The van der Waals surface area contributed by atoms with Gasteiger partial charge in [-0.05, 0) is 61.0 Å². The number of anilines is 2. The van der Waals surface area contributed by atoms with Gasteiger partial charge in [-0.1, -0.05) is 41.4 Å². The molecule has 3 rings (SSSR count). The molecule has 1 aromatic heterocycles. The van der Waals surface area contributed by atoms with Crippen molar-refractivity contribution in [1.82, 2.24) is 14.8 Å². The summed E-state index contributed by atoms with van der Waals surface area (Å²) in [5, 5.41) is 12.1. The van der Waals surface area contributed by atoms with Gasteiger partial charge in [-0.2, -0.15) is 0 Å². The summed E-state index contributed by atoms with van der Waals surface area (Å²) in [5.74, 6) is 0.415. The van der Waals surface area contributed by atoms with Crippen LogP contribution in [0.2, 0.25) is 10.0 Å². The molecular formula is C18H17Cl2N5S. The van der Waals surface area contributed by atoms with Crippen LogP contribution in [0.1, 0.15) is 16.7 Å². The number of aryl methyl sites for hydroxylation is 1. The van der Waals surface area contributed by atoms with E-state index in [4.69, 9.17) is 35.4 Å². The first-order chi connectivity index (χ1) is 12.4. The highest BCUT2D eigenvalue weighted by molar-refractivity contribution is 7.80. The zero-order valence-electron chi connectivity index (χ0n) is 14.3. The summed E-state index contributed by atoms with van der Waals surface area (Å²) in [6.45, 7) is 4.59. The average molecular weight is 406 g/mol. The van der Waals surface area contributed by atoms with E-state index in [1.807, 2.05) is 25.1 Å². The highest BCUT2D eigenvalue weighted by atomic mass is 35.5. The summed E-state index contributed by atoms with van der Waals surface area (Å²) in [4.78, 5) is 4.23. The number of rotatable bonds is 4. The second-order valence-corrected chi connectivity index (χ2v) is 7.08. The fourth-order valence-corrected chi connectivity index (χ4v) is 3.06. The van der Waals surface area contributed by atoms with E-state index in [9.17, 15) is 0 Å². The maximum Gasteiger partial charge on any atom is 0.248 e. The van der Waals surface area contributed by atoms with Gasteiger partial charge in [0, 0.05) is 15.7 Å². The molecule has 2 N–H and O–H groups in total. The molecule has 8 heteroatoms. The maximum absolute atomic E-state index is 6.20. The Kier molecular flexibility index (Phi) is 5.76. The maximum atomic E-state index is 6.20. The van der Waals surface area contributed by atoms with Crippen molar-refractivity contribution in [3.8, 4) is 0 Å². The molecule has 0 saturated carbocycles. The standard InChI is InChI=1S/C18H17Cl2N5S/c1-11-4-3-5-16(12(11)2)22-18(26)23-17-21-10-25(24-17)9-13-6-7-14(19)8-15(13)20/h3-8,10H,9H2,1-2H3,(H2,22,23,24,26). The van der Waals surface area contributed by atoms with E-state index < -0.39 is 0 Å². The van der Waals surface area contributed by atoms with Crippen LogP contribution in [0.15, 0.2) is 42.7 Å². The Balaban J connectivity index is 1.64. The molecule has 0 aliphatic heterocycles. The number of thiocarbonyl (C=S) groups is 1. The third-order valence-corrected chi connectivity index (χ3v) is 4.75. The normalized spacial score (nSPS) is 10.6. The first kappa shape index (κ1) is 18.6. The summed E-state index contributed by atoms with van der Waals surface area (Å²) in [5.41, 5.74) is 4.20. The Hall–Kier alpha value is -2.15. The Morgan fingerprint density at radius 3 is 2.73 bits per heavy atom. The predicted molar refractivity (Wildman–Crippen MR) is 111 cm³/mol. The molecule has 0 saturated heterocycles. The second-order valence-electron chi connectivity index (χ2n) is 5.83. The van der Waals surface area contributed by atoms with E-state index in [0.29, 0.717) is 27.7 Å². The lowest BCUT2D eigenvalue weighted by atomic mass is 10.1. The van der Waals surface area contributed by atoms with Crippen molar-refractivity contribution in [3.63, 3.8) is 0 Å². The molecule has 5 nitrogen and oxygen atoms in total. The highest BCUT2D eigenvalue weighted by Crippen LogP contribution is 2.22. The first-order valence-electron chi connectivity index (χ1n) is 7.90. The Bertz CT molecular complexity index is 955. The van der Waals surface area contributed by atoms with Crippen LogP contribution in [0.3, 0.4) is 0 Å². The lowest BCUT2D eigenvalue weighted by Crippen LogP contribution is -2.20. The molecule has 0 amide bonds. The molecule has 0 atom stereocenters. The van der Waals surface area contributed by atoms with Gasteiger partial charge in [0.15, 0.2) is 5.11 Å². The van der Waals surface area contributed by atoms with Crippen molar-refractivity contribution in [2.45, 2.75) is 20.4 Å². The van der Waals surface area contributed by atoms with Gasteiger partial charge in [0.1, 0.15) is 6.33 Å². The SMILES string of the molecule is Cc1cccc(NC(=S)Nc2ncn(Cc3ccc(Cl)cc3Cl)n2)c1C. The monoisotopic (exact) mass is 405 g/mol. The number of benzene rings is 2. The highest BCUT2D eigenvalue weighted by Gasteiger charge is 2.08. The second kappa shape index (κ2) is 8.03. The molecule has 0 radical (unpaired) electrons. The Labute approximate surface area is 167 Å². The van der Waals surface area contributed by atoms with Gasteiger partial charge in [0.25, 0.3) is 0 Å². The Morgan fingerprint density at radius 1 is 1.15 bits per heavy atom. The van der Waals surface area contributed by atoms with E-state index in [2.05, 4.69) is 33.7 Å². The molecular weight excluding hydrogens is 389 g/mol. The quantitative estimate of drug-likeness (QED) is 0.594. The molecule has 2 aromatic carbocycles. The van der Waals surface area contributed by atoms with E-state index >= 15 is 0 Å². The average Bonchev–Trinajstić information content (AvgIpc) is 3.01. The zero-order valence-corrected chi connectivity index (χ0v) is 16.6. The van der Waals surface area contributed by atoms with Crippen molar-refractivity contribution in [3.05, 3.63) is 69.5 Å². The van der Waals surface area contributed by atoms with Crippen LogP contribution in [0, 0.1) is 13.8 Å². The van der Waals surface area contributed by atoms with Crippen molar-refractivity contribution < 1.29 is 0 Å². The summed E-state index contributed by atoms with van der Waals surface area (Å²) < 4.78 is 1.68. The fourth-order valence-electron chi connectivity index (χ4n) is 2.39. The topological polar surface area (TPSA) is 54.8 Å². The zero-order chi connectivity index (χ0) is 18.7. The van der Waals surface area contributed by atoms with E-state index in [1.165, 1.54) is 5.56 Å². The number of hydrogen-bond acceptors (Lipinski definition) is 3. The van der Waals surface area contributed by atoms with E-state index in [1.54, 1.807) is 23.1 Å². The van der Waals surface area contributed by atoms with Gasteiger partial charge in [0.2, 0.25) is 5.95 Å². The van der Waals surface area contributed by atoms with Gasteiger partial charge in [-0.3, -0.25) is 5.32 Å². The van der Waals surface area contributed by atoms with Crippen LogP contribution in [0.4, 0.5) is 11.6 Å². The molecule has 26 heavy (non-hydrogen) atoms. The van der Waals surface area contributed by atoms with Crippen LogP contribution < -0.4 is 10.6 Å². The predicted octanol–water partition coefficient (Wildman–Crippen LogP) is 5.06. The Morgan fingerprint density at radius 2 is 1.96 bits per heavy atom. The van der Waals surface area contributed by atoms with Crippen LogP contribution in [-0.4, -0.2) is 19.9 Å². The minimum Gasteiger partial charge on any atom is -0.332 e. The number of halogens is 2. The summed E-state index contributed by atoms with van der Waals surface area (Å²) >= 11 is 17.5. The minimum atomic E-state index is 0.415. The summed E-state index contributed by atoms with van der Waals surface area (Å²) in [6, 6.07) is 11.4. The van der Waals surface area contributed by atoms with Gasteiger partial charge in [0.05, 0.1) is 6.54 Å². The molecule has 0 aliphatic rings. The molecule has 1 heterocycles. The third kappa shape index (κ3) is 4.52. The lowest BCUT2D eigenvalue weighted by molar-refractivity contribution is 0.687. The van der Waals surface area contributed by atoms with Crippen LogP contribution in [0.5, 0.6) is 0 Å².